The molecule has 0 saturated heterocycles. The van der Waals surface area contributed by atoms with Crippen LogP contribution in [0.5, 0.6) is 0 Å². The van der Waals surface area contributed by atoms with Crippen LogP contribution >= 0.6 is 0 Å². The van der Waals surface area contributed by atoms with Crippen LogP contribution in [0.2, 0.25) is 0 Å². The number of nitrogens with two attached hydrogens (primary N) is 1. The van der Waals surface area contributed by atoms with Gasteiger partial charge < -0.3 is 10.6 Å². The van der Waals surface area contributed by atoms with Crippen molar-refractivity contribution in [3.8, 4) is 0 Å². The molecule has 3 heteroatoms. The quantitative estimate of drug-likeness (QED) is 0.797. The number of rotatable bonds is 3. The molecule has 1 aliphatic rings. The van der Waals surface area contributed by atoms with Gasteiger partial charge >= 0.3 is 0 Å². The minimum atomic E-state index is -0.427. The van der Waals surface area contributed by atoms with Gasteiger partial charge in [0.25, 0.3) is 0 Å². The van der Waals surface area contributed by atoms with E-state index in [1.807, 2.05) is 41.3 Å². The van der Waals surface area contributed by atoms with Crippen LogP contribution < -0.4 is 5.73 Å². The minimum Gasteiger partial charge on any atom is -0.337 e. The summed E-state index contributed by atoms with van der Waals surface area (Å²) in [5.74, 6) is 0.0539. The molecule has 0 saturated carbocycles. The third-order valence-electron chi connectivity index (χ3n) is 2.99. The third kappa shape index (κ3) is 3.17. The van der Waals surface area contributed by atoms with Gasteiger partial charge in [-0.1, -0.05) is 42.5 Å². The summed E-state index contributed by atoms with van der Waals surface area (Å²) in [6.45, 7) is 1.49. The number of carbonyl (C=O) groups is 1. The second-order valence-corrected chi connectivity index (χ2v) is 4.34. The van der Waals surface area contributed by atoms with Gasteiger partial charge in [0.2, 0.25) is 5.91 Å². The second-order valence-electron chi connectivity index (χ2n) is 4.34. The summed E-state index contributed by atoms with van der Waals surface area (Å²) in [7, 11) is 0. The van der Waals surface area contributed by atoms with Gasteiger partial charge in [-0.2, -0.15) is 0 Å². The maximum atomic E-state index is 12.1. The molecule has 1 aromatic carbocycles. The molecule has 3 nitrogen and oxygen atoms in total. The molecule has 1 aromatic rings. The van der Waals surface area contributed by atoms with Crippen LogP contribution in [0.15, 0.2) is 42.5 Å². The van der Waals surface area contributed by atoms with E-state index in [1.54, 1.807) is 0 Å². The average molecular weight is 230 g/mol. The Bertz CT molecular complexity index is 400. The van der Waals surface area contributed by atoms with Gasteiger partial charge in [0.1, 0.15) is 0 Å². The summed E-state index contributed by atoms with van der Waals surface area (Å²) in [6, 6.07) is 9.48. The summed E-state index contributed by atoms with van der Waals surface area (Å²) < 4.78 is 0. The lowest BCUT2D eigenvalue weighted by molar-refractivity contribution is -0.132. The molecule has 0 spiro atoms. The van der Waals surface area contributed by atoms with Crippen LogP contribution in [0.25, 0.3) is 0 Å². The molecule has 0 radical (unpaired) electrons. The zero-order valence-electron chi connectivity index (χ0n) is 9.88. The van der Waals surface area contributed by atoms with Gasteiger partial charge in [0, 0.05) is 13.1 Å². The van der Waals surface area contributed by atoms with Crippen molar-refractivity contribution in [2.75, 3.05) is 13.1 Å². The van der Waals surface area contributed by atoms with E-state index in [0.29, 0.717) is 13.0 Å². The van der Waals surface area contributed by atoms with E-state index in [-0.39, 0.29) is 5.91 Å². The summed E-state index contributed by atoms with van der Waals surface area (Å²) in [4.78, 5) is 13.9. The van der Waals surface area contributed by atoms with E-state index in [9.17, 15) is 4.79 Å². The van der Waals surface area contributed by atoms with E-state index in [4.69, 9.17) is 5.73 Å². The first-order valence-corrected chi connectivity index (χ1v) is 6.00. The lowest BCUT2D eigenvalue weighted by Gasteiger charge is -2.26. The Kier molecular flexibility index (Phi) is 3.94. The predicted molar refractivity (Wildman–Crippen MR) is 68.5 cm³/mol. The largest absolute Gasteiger partial charge is 0.337 e. The molecule has 1 atom stereocenters. The lowest BCUT2D eigenvalue weighted by Crippen LogP contribution is -2.46. The lowest BCUT2D eigenvalue weighted by atomic mass is 10.1. The molecule has 0 bridgehead atoms. The van der Waals surface area contributed by atoms with Crippen LogP contribution in [0, 0.1) is 0 Å². The smallest absolute Gasteiger partial charge is 0.240 e. The molecule has 0 aliphatic carbocycles. The molecule has 1 amide bonds. The highest BCUT2D eigenvalue weighted by Gasteiger charge is 2.20. The first-order chi connectivity index (χ1) is 8.27. The van der Waals surface area contributed by atoms with Crippen LogP contribution in [0.3, 0.4) is 0 Å². The molecule has 2 rings (SSSR count). The number of hydrogen-bond acceptors (Lipinski definition) is 2. The number of benzene rings is 1. The Morgan fingerprint density at radius 2 is 2.06 bits per heavy atom. The SMILES string of the molecule is N[C@@H](Cc1ccccc1)C(=O)N1CC=CCC1. The van der Waals surface area contributed by atoms with Crippen molar-refractivity contribution in [1.82, 2.24) is 4.90 Å². The molecule has 0 fully saturated rings. The highest BCUT2D eigenvalue weighted by molar-refractivity contribution is 5.82. The number of amides is 1. The molecule has 2 N–H and O–H groups in total. The van der Waals surface area contributed by atoms with Crippen molar-refractivity contribution in [3.63, 3.8) is 0 Å². The van der Waals surface area contributed by atoms with Crippen molar-refractivity contribution in [3.05, 3.63) is 48.0 Å². The molecule has 0 unspecified atom stereocenters. The average Bonchev–Trinajstić information content (AvgIpc) is 2.40. The van der Waals surface area contributed by atoms with Crippen molar-refractivity contribution in [1.29, 1.82) is 0 Å². The standard InChI is InChI=1S/C14H18N2O/c15-13(11-12-7-3-1-4-8-12)14(17)16-9-5-2-6-10-16/h1-5,7-8,13H,6,9-11,15H2/t13-/m0/s1. The van der Waals surface area contributed by atoms with Crippen molar-refractivity contribution in [2.24, 2.45) is 5.73 Å². The highest BCUT2D eigenvalue weighted by Crippen LogP contribution is 2.07. The van der Waals surface area contributed by atoms with Gasteiger partial charge in [-0.15, -0.1) is 0 Å². The second kappa shape index (κ2) is 5.64. The van der Waals surface area contributed by atoms with Crippen LogP contribution in [-0.4, -0.2) is 29.9 Å². The summed E-state index contributed by atoms with van der Waals surface area (Å²) in [6.07, 6.45) is 5.67. The Morgan fingerprint density at radius 3 is 2.71 bits per heavy atom. The number of nitrogens with zero attached hydrogens (tertiary/aromatic N) is 1. The number of carbonyl (C=O) groups excluding carboxylic acids is 1. The minimum absolute atomic E-state index is 0.0539. The zero-order valence-corrected chi connectivity index (χ0v) is 9.88. The van der Waals surface area contributed by atoms with Crippen molar-refractivity contribution < 1.29 is 4.79 Å². The molecule has 17 heavy (non-hydrogen) atoms. The van der Waals surface area contributed by atoms with Crippen molar-refractivity contribution in [2.45, 2.75) is 18.9 Å². The van der Waals surface area contributed by atoms with E-state index >= 15 is 0 Å². The molecule has 1 aliphatic heterocycles. The van der Waals surface area contributed by atoms with Crippen molar-refractivity contribution >= 4 is 5.91 Å². The summed E-state index contributed by atoms with van der Waals surface area (Å²) in [5.41, 5.74) is 7.08. The zero-order chi connectivity index (χ0) is 12.1. The Labute approximate surface area is 102 Å². The fourth-order valence-corrected chi connectivity index (χ4v) is 2.03. The maximum Gasteiger partial charge on any atom is 0.240 e. The van der Waals surface area contributed by atoms with E-state index in [1.165, 1.54) is 0 Å². The molecular weight excluding hydrogens is 212 g/mol. The highest BCUT2D eigenvalue weighted by atomic mass is 16.2. The maximum absolute atomic E-state index is 12.1. The first-order valence-electron chi connectivity index (χ1n) is 6.00. The molecule has 90 valence electrons. The fourth-order valence-electron chi connectivity index (χ4n) is 2.03. The fraction of sp³-hybridized carbons (Fsp3) is 0.357. The molecular formula is C14H18N2O. The van der Waals surface area contributed by atoms with E-state index in [0.717, 1.165) is 18.5 Å². The topological polar surface area (TPSA) is 46.3 Å². The monoisotopic (exact) mass is 230 g/mol. The van der Waals surface area contributed by atoms with Gasteiger partial charge in [0.15, 0.2) is 0 Å². The van der Waals surface area contributed by atoms with E-state index < -0.39 is 6.04 Å². The van der Waals surface area contributed by atoms with Gasteiger partial charge in [-0.05, 0) is 18.4 Å². The Morgan fingerprint density at radius 1 is 1.29 bits per heavy atom. The van der Waals surface area contributed by atoms with Crippen LogP contribution in [0.4, 0.5) is 0 Å². The normalized spacial score (nSPS) is 16.9. The third-order valence-corrected chi connectivity index (χ3v) is 2.99. The Balaban J connectivity index is 1.93. The summed E-state index contributed by atoms with van der Waals surface area (Å²) in [5, 5.41) is 0. The van der Waals surface area contributed by atoms with Gasteiger partial charge in [0.05, 0.1) is 6.04 Å². The Hall–Kier alpha value is -1.61. The first kappa shape index (κ1) is 11.9. The predicted octanol–water partition coefficient (Wildman–Crippen LogP) is 1.34. The van der Waals surface area contributed by atoms with E-state index in [2.05, 4.69) is 6.08 Å². The summed E-state index contributed by atoms with van der Waals surface area (Å²) >= 11 is 0. The van der Waals surface area contributed by atoms with Crippen LogP contribution in [-0.2, 0) is 11.2 Å². The molecule has 0 aromatic heterocycles. The van der Waals surface area contributed by atoms with Gasteiger partial charge in [-0.25, -0.2) is 0 Å². The van der Waals surface area contributed by atoms with Gasteiger partial charge in [-0.3, -0.25) is 4.79 Å². The number of hydrogen-bond donors (Lipinski definition) is 1. The van der Waals surface area contributed by atoms with Crippen LogP contribution in [0.1, 0.15) is 12.0 Å². The molecule has 1 heterocycles.